The SMILES string of the molecule is COc1ccc(CCN2C(=O)C(=Cc3cn(C)nc3C)SC2=S)cc1OC. The van der Waals surface area contributed by atoms with Crippen molar-refractivity contribution in [3.8, 4) is 11.5 Å². The third-order valence-electron chi connectivity index (χ3n) is 4.28. The average Bonchev–Trinajstić information content (AvgIpc) is 3.10. The Hall–Kier alpha value is -2.32. The monoisotopic (exact) mass is 403 g/mol. The van der Waals surface area contributed by atoms with E-state index in [-0.39, 0.29) is 5.91 Å². The van der Waals surface area contributed by atoms with Crippen LogP contribution in [0.5, 0.6) is 11.5 Å². The first-order valence-corrected chi connectivity index (χ1v) is 9.62. The molecule has 1 amide bonds. The molecule has 0 bridgehead atoms. The van der Waals surface area contributed by atoms with Crippen molar-refractivity contribution in [3.05, 3.63) is 46.1 Å². The maximum absolute atomic E-state index is 12.8. The molecule has 1 aliphatic heterocycles. The van der Waals surface area contributed by atoms with E-state index < -0.39 is 0 Å². The number of amides is 1. The minimum Gasteiger partial charge on any atom is -0.493 e. The molecule has 3 rings (SSSR count). The fourth-order valence-corrected chi connectivity index (χ4v) is 4.17. The summed E-state index contributed by atoms with van der Waals surface area (Å²) in [5.74, 6) is 1.29. The Kier molecular flexibility index (Phi) is 5.86. The molecule has 0 N–H and O–H groups in total. The van der Waals surface area contributed by atoms with Crippen LogP contribution in [0.4, 0.5) is 0 Å². The largest absolute Gasteiger partial charge is 0.493 e. The number of rotatable bonds is 6. The smallest absolute Gasteiger partial charge is 0.266 e. The molecule has 2 heterocycles. The lowest BCUT2D eigenvalue weighted by molar-refractivity contribution is -0.122. The molecule has 1 aromatic heterocycles. The number of benzene rings is 1. The Morgan fingerprint density at radius 3 is 2.63 bits per heavy atom. The van der Waals surface area contributed by atoms with E-state index in [1.54, 1.807) is 23.8 Å². The standard InChI is InChI=1S/C19H21N3O3S2/c1-12-14(11-21(2)20-12)10-17-18(23)22(19(26)27-17)8-7-13-5-6-15(24-3)16(9-13)25-4/h5-6,9-11H,7-8H2,1-4H3. The summed E-state index contributed by atoms with van der Waals surface area (Å²) >= 11 is 6.74. The van der Waals surface area contributed by atoms with Gasteiger partial charge in [-0.1, -0.05) is 30.0 Å². The molecule has 1 fully saturated rings. The molecule has 142 valence electrons. The van der Waals surface area contributed by atoms with Crippen molar-refractivity contribution in [2.24, 2.45) is 7.05 Å². The summed E-state index contributed by atoms with van der Waals surface area (Å²) in [6.07, 6.45) is 4.43. The molecule has 0 spiro atoms. The second-order valence-electron chi connectivity index (χ2n) is 6.12. The van der Waals surface area contributed by atoms with Crippen LogP contribution in [0.3, 0.4) is 0 Å². The minimum absolute atomic E-state index is 0.0614. The number of thioether (sulfide) groups is 1. The van der Waals surface area contributed by atoms with E-state index in [1.165, 1.54) is 11.8 Å². The zero-order valence-corrected chi connectivity index (χ0v) is 17.3. The number of carbonyl (C=O) groups excluding carboxylic acids is 1. The lowest BCUT2D eigenvalue weighted by Gasteiger charge is -2.15. The molecule has 0 unspecified atom stereocenters. The highest BCUT2D eigenvalue weighted by atomic mass is 32.2. The van der Waals surface area contributed by atoms with Gasteiger partial charge in [-0.3, -0.25) is 14.4 Å². The number of ether oxygens (including phenoxy) is 2. The van der Waals surface area contributed by atoms with Crippen LogP contribution >= 0.6 is 24.0 Å². The van der Waals surface area contributed by atoms with Gasteiger partial charge in [0.15, 0.2) is 11.5 Å². The van der Waals surface area contributed by atoms with Crippen molar-refractivity contribution in [2.45, 2.75) is 13.3 Å². The van der Waals surface area contributed by atoms with Crippen molar-refractivity contribution in [1.82, 2.24) is 14.7 Å². The van der Waals surface area contributed by atoms with Crippen molar-refractivity contribution in [3.63, 3.8) is 0 Å². The topological polar surface area (TPSA) is 56.6 Å². The highest BCUT2D eigenvalue weighted by Gasteiger charge is 2.31. The predicted molar refractivity (Wildman–Crippen MR) is 111 cm³/mol. The highest BCUT2D eigenvalue weighted by Crippen LogP contribution is 2.33. The van der Waals surface area contributed by atoms with Gasteiger partial charge >= 0.3 is 0 Å². The Balaban J connectivity index is 1.72. The molecule has 2 aromatic rings. The quantitative estimate of drug-likeness (QED) is 0.545. The van der Waals surface area contributed by atoms with Crippen LogP contribution in [0.1, 0.15) is 16.8 Å². The van der Waals surface area contributed by atoms with Gasteiger partial charge in [0.25, 0.3) is 5.91 Å². The van der Waals surface area contributed by atoms with Gasteiger partial charge < -0.3 is 9.47 Å². The zero-order chi connectivity index (χ0) is 19.6. The third kappa shape index (κ3) is 4.17. The maximum Gasteiger partial charge on any atom is 0.266 e. The molecule has 1 saturated heterocycles. The Labute approximate surface area is 168 Å². The van der Waals surface area contributed by atoms with E-state index in [4.69, 9.17) is 21.7 Å². The molecule has 1 aliphatic rings. The summed E-state index contributed by atoms with van der Waals surface area (Å²) < 4.78 is 12.9. The molecular weight excluding hydrogens is 382 g/mol. The molecule has 8 heteroatoms. The second kappa shape index (κ2) is 8.14. The summed E-state index contributed by atoms with van der Waals surface area (Å²) in [7, 11) is 5.07. The van der Waals surface area contributed by atoms with Gasteiger partial charge in [-0.2, -0.15) is 5.10 Å². The van der Waals surface area contributed by atoms with Gasteiger partial charge in [0, 0.05) is 25.4 Å². The number of nitrogens with zero attached hydrogens (tertiary/aromatic N) is 3. The maximum atomic E-state index is 12.8. The number of aryl methyl sites for hydroxylation is 2. The summed E-state index contributed by atoms with van der Waals surface area (Å²) in [6.45, 7) is 2.44. The summed E-state index contributed by atoms with van der Waals surface area (Å²) in [5.41, 5.74) is 2.86. The van der Waals surface area contributed by atoms with Gasteiger partial charge in [0.2, 0.25) is 0 Å². The summed E-state index contributed by atoms with van der Waals surface area (Å²) in [4.78, 5) is 15.0. The van der Waals surface area contributed by atoms with Crippen LogP contribution < -0.4 is 9.47 Å². The predicted octanol–water partition coefficient (Wildman–Crippen LogP) is 3.19. The van der Waals surface area contributed by atoms with Crippen molar-refractivity contribution in [2.75, 3.05) is 20.8 Å². The summed E-state index contributed by atoms with van der Waals surface area (Å²) in [5, 5.41) is 4.31. The molecule has 0 saturated carbocycles. The molecule has 27 heavy (non-hydrogen) atoms. The highest BCUT2D eigenvalue weighted by molar-refractivity contribution is 8.26. The molecule has 0 aliphatic carbocycles. The van der Waals surface area contributed by atoms with Crippen LogP contribution in [0.25, 0.3) is 6.08 Å². The van der Waals surface area contributed by atoms with Crippen LogP contribution in [-0.2, 0) is 18.3 Å². The third-order valence-corrected chi connectivity index (χ3v) is 5.66. The fraction of sp³-hybridized carbons (Fsp3) is 0.316. The van der Waals surface area contributed by atoms with E-state index >= 15 is 0 Å². The van der Waals surface area contributed by atoms with Crippen LogP contribution in [0, 0.1) is 6.92 Å². The van der Waals surface area contributed by atoms with Crippen LogP contribution in [0.15, 0.2) is 29.3 Å². The lowest BCUT2D eigenvalue weighted by atomic mass is 10.1. The number of carbonyl (C=O) groups is 1. The average molecular weight is 404 g/mol. The summed E-state index contributed by atoms with van der Waals surface area (Å²) in [6, 6.07) is 5.75. The van der Waals surface area contributed by atoms with Gasteiger partial charge in [-0.25, -0.2) is 0 Å². The van der Waals surface area contributed by atoms with Crippen LogP contribution in [0.2, 0.25) is 0 Å². The molecule has 0 radical (unpaired) electrons. The van der Waals surface area contributed by atoms with Crippen LogP contribution in [-0.4, -0.2) is 45.7 Å². The van der Waals surface area contributed by atoms with Crippen molar-refractivity contribution >= 4 is 40.3 Å². The van der Waals surface area contributed by atoms with E-state index in [0.717, 1.165) is 16.8 Å². The number of methoxy groups -OCH3 is 2. The first-order valence-electron chi connectivity index (χ1n) is 8.39. The molecule has 0 atom stereocenters. The first kappa shape index (κ1) is 19.4. The zero-order valence-electron chi connectivity index (χ0n) is 15.7. The van der Waals surface area contributed by atoms with Gasteiger partial charge in [-0.15, -0.1) is 0 Å². The number of hydrogen-bond acceptors (Lipinski definition) is 6. The van der Waals surface area contributed by atoms with Gasteiger partial charge in [0.1, 0.15) is 4.32 Å². The second-order valence-corrected chi connectivity index (χ2v) is 7.79. The number of hydrogen-bond donors (Lipinski definition) is 0. The Bertz CT molecular complexity index is 921. The van der Waals surface area contributed by atoms with Gasteiger partial charge in [-0.05, 0) is 37.1 Å². The van der Waals surface area contributed by atoms with E-state index in [9.17, 15) is 4.79 Å². The molecule has 1 aromatic carbocycles. The number of aromatic nitrogens is 2. The first-order chi connectivity index (χ1) is 12.9. The Morgan fingerprint density at radius 1 is 1.26 bits per heavy atom. The normalized spacial score (nSPS) is 15.7. The van der Waals surface area contributed by atoms with E-state index in [1.807, 2.05) is 44.4 Å². The fourth-order valence-electron chi connectivity index (χ4n) is 2.87. The number of thiocarbonyl (C=S) groups is 1. The van der Waals surface area contributed by atoms with Crippen molar-refractivity contribution < 1.29 is 14.3 Å². The lowest BCUT2D eigenvalue weighted by Crippen LogP contribution is -2.30. The van der Waals surface area contributed by atoms with Gasteiger partial charge in [0.05, 0.1) is 24.8 Å². The molecule has 6 nitrogen and oxygen atoms in total. The Morgan fingerprint density at radius 2 is 2.00 bits per heavy atom. The molecular formula is C19H21N3O3S2. The van der Waals surface area contributed by atoms with E-state index in [2.05, 4.69) is 5.10 Å². The minimum atomic E-state index is -0.0614. The van der Waals surface area contributed by atoms with Crippen molar-refractivity contribution in [1.29, 1.82) is 0 Å². The van der Waals surface area contributed by atoms with E-state index in [0.29, 0.717) is 33.7 Å².